The molecule has 1 fully saturated rings. The van der Waals surface area contributed by atoms with E-state index in [1.165, 1.54) is 22.7 Å². The van der Waals surface area contributed by atoms with Gasteiger partial charge in [0.2, 0.25) is 0 Å². The van der Waals surface area contributed by atoms with Crippen LogP contribution in [0.15, 0.2) is 53.7 Å². The van der Waals surface area contributed by atoms with Crippen molar-refractivity contribution in [1.29, 1.82) is 0 Å². The maximum atomic E-state index is 12.5. The minimum atomic E-state index is -0.188. The number of aromatic hydroxyl groups is 1. The van der Waals surface area contributed by atoms with Crippen LogP contribution in [0.5, 0.6) is 5.75 Å². The van der Waals surface area contributed by atoms with Crippen molar-refractivity contribution >= 4 is 46.0 Å². The molecular weight excluding hydrogens is 304 g/mol. The highest BCUT2D eigenvalue weighted by Gasteiger charge is 2.33. The Morgan fingerprint density at radius 1 is 1.24 bits per heavy atom. The Balaban J connectivity index is 1.94. The molecule has 1 aromatic carbocycles. The summed E-state index contributed by atoms with van der Waals surface area (Å²) in [6.07, 6.45) is 5.12. The summed E-state index contributed by atoms with van der Waals surface area (Å²) in [5.41, 5.74) is 1.46. The first-order valence-electron chi connectivity index (χ1n) is 6.12. The predicted molar refractivity (Wildman–Crippen MR) is 88.0 cm³/mol. The summed E-state index contributed by atoms with van der Waals surface area (Å²) in [6.45, 7) is 0. The maximum absolute atomic E-state index is 12.5. The third-order valence-electron chi connectivity index (χ3n) is 2.89. The van der Waals surface area contributed by atoms with E-state index in [4.69, 9.17) is 12.2 Å². The highest BCUT2D eigenvalue weighted by molar-refractivity contribution is 8.27. The van der Waals surface area contributed by atoms with E-state index in [9.17, 15) is 9.90 Å². The fourth-order valence-electron chi connectivity index (χ4n) is 1.93. The van der Waals surface area contributed by atoms with Gasteiger partial charge >= 0.3 is 0 Å². The number of hydrogen-bond donors (Lipinski definition) is 1. The molecule has 0 saturated carbocycles. The number of carbonyl (C=O) groups is 1. The molecule has 1 aliphatic heterocycles. The molecule has 1 aromatic heterocycles. The number of rotatable bonds is 2. The first-order valence-corrected chi connectivity index (χ1v) is 7.34. The average Bonchev–Trinajstić information content (AvgIpc) is 2.74. The van der Waals surface area contributed by atoms with E-state index in [-0.39, 0.29) is 11.7 Å². The molecule has 21 heavy (non-hydrogen) atoms. The van der Waals surface area contributed by atoms with Gasteiger partial charge in [0.05, 0.1) is 10.6 Å². The van der Waals surface area contributed by atoms with Gasteiger partial charge in [-0.3, -0.25) is 14.7 Å². The van der Waals surface area contributed by atoms with Crippen LogP contribution in [0.4, 0.5) is 5.69 Å². The van der Waals surface area contributed by atoms with Crippen LogP contribution in [-0.4, -0.2) is 20.3 Å². The molecule has 0 bridgehead atoms. The van der Waals surface area contributed by atoms with E-state index in [0.29, 0.717) is 14.9 Å². The Labute approximate surface area is 131 Å². The number of phenols is 1. The number of benzene rings is 1. The summed E-state index contributed by atoms with van der Waals surface area (Å²) in [7, 11) is 0. The van der Waals surface area contributed by atoms with Gasteiger partial charge in [0, 0.05) is 18.5 Å². The summed E-state index contributed by atoms with van der Waals surface area (Å²) in [4.78, 5) is 18.4. The highest BCUT2D eigenvalue weighted by Crippen LogP contribution is 2.36. The molecule has 0 radical (unpaired) electrons. The molecule has 4 nitrogen and oxygen atoms in total. The van der Waals surface area contributed by atoms with Gasteiger partial charge in [0.1, 0.15) is 5.75 Å². The Morgan fingerprint density at radius 2 is 2.00 bits per heavy atom. The predicted octanol–water partition coefficient (Wildman–Crippen LogP) is 3.19. The number of nitrogens with zero attached hydrogens (tertiary/aromatic N) is 2. The van der Waals surface area contributed by atoms with Crippen LogP contribution in [0, 0.1) is 0 Å². The van der Waals surface area contributed by atoms with E-state index in [1.807, 2.05) is 12.1 Å². The van der Waals surface area contributed by atoms with Crippen LogP contribution in [0.3, 0.4) is 0 Å². The summed E-state index contributed by atoms with van der Waals surface area (Å²) in [6, 6.07) is 10.1. The van der Waals surface area contributed by atoms with Crippen LogP contribution in [0.2, 0.25) is 0 Å². The Bertz CT molecular complexity index is 744. The molecular formula is C15H10N2O2S2. The second-order valence-corrected chi connectivity index (χ2v) is 5.99. The molecule has 1 saturated heterocycles. The van der Waals surface area contributed by atoms with Crippen molar-refractivity contribution in [3.05, 3.63) is 59.3 Å². The van der Waals surface area contributed by atoms with E-state index in [0.717, 1.165) is 5.56 Å². The Hall–Kier alpha value is -2.18. The van der Waals surface area contributed by atoms with Crippen LogP contribution < -0.4 is 4.90 Å². The number of carbonyl (C=O) groups excluding carboxylic acids is 1. The molecule has 6 heteroatoms. The number of thioether (sulfide) groups is 1. The fraction of sp³-hybridized carbons (Fsp3) is 0. The van der Waals surface area contributed by atoms with E-state index in [2.05, 4.69) is 4.98 Å². The summed E-state index contributed by atoms with van der Waals surface area (Å²) < 4.78 is 0.450. The number of pyridine rings is 1. The molecule has 3 rings (SSSR count). The van der Waals surface area contributed by atoms with E-state index in [1.54, 1.807) is 36.7 Å². The highest BCUT2D eigenvalue weighted by atomic mass is 32.2. The molecule has 1 N–H and O–H groups in total. The molecule has 2 aromatic rings. The smallest absolute Gasteiger partial charge is 0.270 e. The number of thiocarbonyl (C=S) groups is 1. The Kier molecular flexibility index (Phi) is 3.72. The number of anilines is 1. The van der Waals surface area contributed by atoms with Gasteiger partial charge < -0.3 is 5.11 Å². The summed E-state index contributed by atoms with van der Waals surface area (Å²) >= 11 is 6.51. The number of hydrogen-bond acceptors (Lipinski definition) is 5. The molecule has 0 spiro atoms. The molecule has 2 heterocycles. The van der Waals surface area contributed by atoms with Gasteiger partial charge in [-0.2, -0.15) is 0 Å². The zero-order valence-corrected chi connectivity index (χ0v) is 12.4. The molecule has 1 aliphatic rings. The van der Waals surface area contributed by atoms with Gasteiger partial charge in [0.25, 0.3) is 5.91 Å². The van der Waals surface area contributed by atoms with Crippen LogP contribution >= 0.6 is 24.0 Å². The monoisotopic (exact) mass is 314 g/mol. The van der Waals surface area contributed by atoms with E-state index >= 15 is 0 Å². The maximum Gasteiger partial charge on any atom is 0.270 e. The van der Waals surface area contributed by atoms with Gasteiger partial charge in [0.15, 0.2) is 4.32 Å². The average molecular weight is 314 g/mol. The van der Waals surface area contributed by atoms with Gasteiger partial charge in [-0.15, -0.1) is 0 Å². The van der Waals surface area contributed by atoms with Crippen molar-refractivity contribution in [2.24, 2.45) is 0 Å². The molecule has 104 valence electrons. The fourth-order valence-corrected chi connectivity index (χ4v) is 3.23. The lowest BCUT2D eigenvalue weighted by atomic mass is 10.2. The first kappa shape index (κ1) is 13.8. The first-order chi connectivity index (χ1) is 10.1. The normalized spacial score (nSPS) is 16.8. The number of aromatic nitrogens is 1. The van der Waals surface area contributed by atoms with Crippen molar-refractivity contribution in [3.8, 4) is 5.75 Å². The van der Waals surface area contributed by atoms with Crippen LogP contribution in [0.1, 0.15) is 5.56 Å². The SMILES string of the molecule is O=C1/C(=C/c2ccncc2)SC(=S)N1c1cccc(O)c1. The quantitative estimate of drug-likeness (QED) is 0.681. The molecule has 1 amide bonds. The third kappa shape index (κ3) is 2.81. The number of phenolic OH excluding ortho intramolecular Hbond substituents is 1. The van der Waals surface area contributed by atoms with Gasteiger partial charge in [-0.1, -0.05) is 30.0 Å². The molecule has 0 atom stereocenters. The zero-order chi connectivity index (χ0) is 14.8. The van der Waals surface area contributed by atoms with Gasteiger partial charge in [-0.05, 0) is 35.9 Å². The minimum Gasteiger partial charge on any atom is -0.508 e. The molecule has 0 aliphatic carbocycles. The van der Waals surface area contributed by atoms with Crippen LogP contribution in [-0.2, 0) is 4.79 Å². The number of amides is 1. The second kappa shape index (κ2) is 5.67. The van der Waals surface area contributed by atoms with Crippen molar-refractivity contribution in [2.45, 2.75) is 0 Å². The van der Waals surface area contributed by atoms with Crippen molar-refractivity contribution in [3.63, 3.8) is 0 Å². The summed E-state index contributed by atoms with van der Waals surface area (Å²) in [5, 5.41) is 9.54. The minimum absolute atomic E-state index is 0.0969. The lowest BCUT2D eigenvalue weighted by molar-refractivity contribution is -0.113. The van der Waals surface area contributed by atoms with Crippen molar-refractivity contribution in [2.75, 3.05) is 4.90 Å². The van der Waals surface area contributed by atoms with Crippen molar-refractivity contribution < 1.29 is 9.90 Å². The van der Waals surface area contributed by atoms with E-state index < -0.39 is 0 Å². The van der Waals surface area contributed by atoms with Gasteiger partial charge in [-0.25, -0.2) is 0 Å². The zero-order valence-electron chi connectivity index (χ0n) is 10.8. The van der Waals surface area contributed by atoms with Crippen LogP contribution in [0.25, 0.3) is 6.08 Å². The standard InChI is InChI=1S/C15H10N2O2S2/c18-12-3-1-2-11(9-12)17-14(19)13(21-15(17)20)8-10-4-6-16-7-5-10/h1-9,18H/b13-8-. The summed E-state index contributed by atoms with van der Waals surface area (Å²) in [5.74, 6) is -0.0907. The third-order valence-corrected chi connectivity index (χ3v) is 4.19. The lowest BCUT2D eigenvalue weighted by Crippen LogP contribution is -2.27. The lowest BCUT2D eigenvalue weighted by Gasteiger charge is -2.14. The second-order valence-electron chi connectivity index (χ2n) is 4.32. The Morgan fingerprint density at radius 3 is 2.71 bits per heavy atom. The van der Waals surface area contributed by atoms with Crippen molar-refractivity contribution in [1.82, 2.24) is 4.98 Å². The topological polar surface area (TPSA) is 53.4 Å². The molecule has 0 unspecified atom stereocenters. The largest absolute Gasteiger partial charge is 0.508 e.